The first-order chi connectivity index (χ1) is 14.4. The van der Waals surface area contributed by atoms with Gasteiger partial charge in [0.1, 0.15) is 4.34 Å². The normalized spacial score (nSPS) is 12.6. The average molecular weight is 515 g/mol. The molecule has 0 bridgehead atoms. The summed E-state index contributed by atoms with van der Waals surface area (Å²) < 4.78 is 121. The number of carbonyl (C=O) groups is 2. The number of hydrogen-bond donors (Lipinski definition) is 0. The molecule has 0 radical (unpaired) electrons. The van der Waals surface area contributed by atoms with Crippen LogP contribution >= 0.6 is 22.9 Å². The SMILES string of the molecule is CC(=O)OCN(C(=O)c1cc(C(F)(F)F)cc(C(F)(F)F)c1)c1nc(C(F)(F)F)c(Cl)s1. The van der Waals surface area contributed by atoms with E-state index in [1.807, 2.05) is 0 Å². The summed E-state index contributed by atoms with van der Waals surface area (Å²) in [7, 11) is 0. The number of esters is 1. The Morgan fingerprint density at radius 1 is 0.969 bits per heavy atom. The number of aromatic nitrogens is 1. The van der Waals surface area contributed by atoms with Crippen LogP contribution in [0.3, 0.4) is 0 Å². The van der Waals surface area contributed by atoms with E-state index in [1.165, 1.54) is 0 Å². The Balaban J connectivity index is 2.63. The highest BCUT2D eigenvalue weighted by atomic mass is 35.5. The molecule has 0 saturated heterocycles. The minimum Gasteiger partial charge on any atom is -0.444 e. The number of ether oxygens (including phenoxy) is 1. The summed E-state index contributed by atoms with van der Waals surface area (Å²) in [6.45, 7) is -0.322. The van der Waals surface area contributed by atoms with Crippen LogP contribution in [-0.2, 0) is 28.1 Å². The molecule has 32 heavy (non-hydrogen) atoms. The van der Waals surface area contributed by atoms with Gasteiger partial charge in [-0.25, -0.2) is 9.88 Å². The molecule has 0 saturated carbocycles. The molecule has 0 aliphatic carbocycles. The van der Waals surface area contributed by atoms with Gasteiger partial charge in [0, 0.05) is 12.5 Å². The van der Waals surface area contributed by atoms with Crippen molar-refractivity contribution in [1.29, 1.82) is 0 Å². The van der Waals surface area contributed by atoms with Crippen LogP contribution in [0.25, 0.3) is 0 Å². The number of nitrogens with zero attached hydrogens (tertiary/aromatic N) is 2. The van der Waals surface area contributed by atoms with E-state index < -0.39 is 69.0 Å². The lowest BCUT2D eigenvalue weighted by molar-refractivity contribution is -0.143. The predicted molar refractivity (Wildman–Crippen MR) is 92.0 cm³/mol. The molecule has 1 aromatic heterocycles. The van der Waals surface area contributed by atoms with Crippen LogP contribution in [0.4, 0.5) is 44.6 Å². The minimum atomic E-state index is -5.29. The third-order valence-electron chi connectivity index (χ3n) is 3.55. The monoisotopic (exact) mass is 514 g/mol. The second-order valence-electron chi connectivity index (χ2n) is 5.91. The molecular weight excluding hydrogens is 507 g/mol. The van der Waals surface area contributed by atoms with Crippen LogP contribution in [0.15, 0.2) is 18.2 Å². The lowest BCUT2D eigenvalue weighted by Gasteiger charge is -2.21. The van der Waals surface area contributed by atoms with Gasteiger partial charge in [0.15, 0.2) is 17.6 Å². The largest absolute Gasteiger partial charge is 0.444 e. The van der Waals surface area contributed by atoms with Gasteiger partial charge >= 0.3 is 24.5 Å². The zero-order valence-electron chi connectivity index (χ0n) is 15.2. The molecule has 176 valence electrons. The highest BCUT2D eigenvalue weighted by molar-refractivity contribution is 7.19. The fourth-order valence-electron chi connectivity index (χ4n) is 2.17. The standard InChI is InChI=1S/C16H8ClF9N2O3S/c1-6(29)31-5-28(13-27-10(11(17)32-13)16(24,25)26)12(30)7-2-8(14(18,19)20)4-9(3-7)15(21,22)23/h2-4H,5H2,1H3. The fraction of sp³-hybridized carbons (Fsp3) is 0.312. The van der Waals surface area contributed by atoms with Crippen LogP contribution in [0.5, 0.6) is 0 Å². The Hall–Kier alpha value is -2.55. The topological polar surface area (TPSA) is 59.5 Å². The van der Waals surface area contributed by atoms with Crippen LogP contribution in [0.1, 0.15) is 34.1 Å². The van der Waals surface area contributed by atoms with Gasteiger partial charge in [0.25, 0.3) is 5.91 Å². The summed E-state index contributed by atoms with van der Waals surface area (Å²) in [5, 5.41) is -0.875. The summed E-state index contributed by atoms with van der Waals surface area (Å²) in [4.78, 5) is 27.0. The van der Waals surface area contributed by atoms with Crippen molar-refractivity contribution < 1.29 is 53.8 Å². The lowest BCUT2D eigenvalue weighted by atomic mass is 10.0. The molecule has 2 aromatic rings. The molecule has 1 heterocycles. The van der Waals surface area contributed by atoms with E-state index in [9.17, 15) is 49.1 Å². The molecule has 1 amide bonds. The van der Waals surface area contributed by atoms with Crippen LogP contribution in [-0.4, -0.2) is 23.6 Å². The summed E-state index contributed by atoms with van der Waals surface area (Å²) in [6, 6.07) is -0.106. The van der Waals surface area contributed by atoms with Crippen LogP contribution in [0.2, 0.25) is 4.34 Å². The van der Waals surface area contributed by atoms with Crippen LogP contribution in [0, 0.1) is 0 Å². The van der Waals surface area contributed by atoms with Gasteiger partial charge in [-0.3, -0.25) is 9.59 Å². The third-order valence-corrected chi connectivity index (χ3v) is 4.83. The number of hydrogen-bond acceptors (Lipinski definition) is 5. The second-order valence-corrected chi connectivity index (χ2v) is 7.49. The number of halogens is 10. The molecule has 0 aliphatic rings. The minimum absolute atomic E-state index is 0.0472. The third kappa shape index (κ3) is 6.03. The van der Waals surface area contributed by atoms with E-state index in [-0.39, 0.29) is 34.4 Å². The van der Waals surface area contributed by atoms with Crippen molar-refractivity contribution >= 4 is 39.9 Å². The molecule has 0 spiro atoms. The molecule has 0 fully saturated rings. The van der Waals surface area contributed by atoms with E-state index in [2.05, 4.69) is 9.72 Å². The number of carbonyl (C=O) groups excluding carboxylic acids is 2. The molecule has 0 unspecified atom stereocenters. The zero-order chi connectivity index (χ0) is 24.6. The molecule has 0 N–H and O–H groups in total. The van der Waals surface area contributed by atoms with Crippen molar-refractivity contribution in [3.05, 3.63) is 44.9 Å². The van der Waals surface area contributed by atoms with E-state index in [4.69, 9.17) is 11.6 Å². The maximum absolute atomic E-state index is 13.1. The van der Waals surface area contributed by atoms with Gasteiger partial charge in [-0.2, -0.15) is 39.5 Å². The van der Waals surface area contributed by atoms with Crippen molar-refractivity contribution in [2.24, 2.45) is 0 Å². The van der Waals surface area contributed by atoms with Gasteiger partial charge in [-0.1, -0.05) is 22.9 Å². The molecule has 0 aliphatic heterocycles. The van der Waals surface area contributed by atoms with E-state index in [1.54, 1.807) is 0 Å². The van der Waals surface area contributed by atoms with Gasteiger partial charge in [0.05, 0.1) is 11.1 Å². The van der Waals surface area contributed by atoms with Crippen LogP contribution < -0.4 is 4.90 Å². The lowest BCUT2D eigenvalue weighted by Crippen LogP contribution is -2.34. The van der Waals surface area contributed by atoms with E-state index in [0.29, 0.717) is 0 Å². The Labute approximate surface area is 181 Å². The first-order valence-corrected chi connectivity index (χ1v) is 9.09. The van der Waals surface area contributed by atoms with Gasteiger partial charge < -0.3 is 4.74 Å². The Morgan fingerprint density at radius 2 is 1.47 bits per heavy atom. The van der Waals surface area contributed by atoms with Crippen molar-refractivity contribution in [2.75, 3.05) is 11.6 Å². The maximum Gasteiger partial charge on any atom is 0.435 e. The van der Waals surface area contributed by atoms with E-state index in [0.717, 1.165) is 6.92 Å². The average Bonchev–Trinajstić information content (AvgIpc) is 3.01. The van der Waals surface area contributed by atoms with Gasteiger partial charge in [-0.15, -0.1) is 0 Å². The van der Waals surface area contributed by atoms with Crippen molar-refractivity contribution in [2.45, 2.75) is 25.5 Å². The molecule has 5 nitrogen and oxygen atoms in total. The summed E-state index contributed by atoms with van der Waals surface area (Å²) >= 11 is 5.50. The number of rotatable bonds is 4. The first kappa shape index (κ1) is 25.7. The number of thiazole rings is 1. The van der Waals surface area contributed by atoms with Crippen molar-refractivity contribution in [1.82, 2.24) is 4.98 Å². The summed E-state index contributed by atoms with van der Waals surface area (Å²) in [6.07, 6.45) is -15.7. The molecular formula is C16H8ClF9N2O3S. The molecule has 0 atom stereocenters. The Bertz CT molecular complexity index is 999. The maximum atomic E-state index is 13.1. The number of anilines is 1. The Morgan fingerprint density at radius 3 is 1.84 bits per heavy atom. The highest BCUT2D eigenvalue weighted by Crippen LogP contribution is 2.41. The van der Waals surface area contributed by atoms with Gasteiger partial charge in [0.2, 0.25) is 0 Å². The first-order valence-electron chi connectivity index (χ1n) is 7.89. The number of amides is 1. The van der Waals surface area contributed by atoms with Crippen molar-refractivity contribution in [3.8, 4) is 0 Å². The zero-order valence-corrected chi connectivity index (χ0v) is 16.8. The number of alkyl halides is 9. The number of benzene rings is 1. The van der Waals surface area contributed by atoms with E-state index >= 15 is 0 Å². The fourth-order valence-corrected chi connectivity index (χ4v) is 3.33. The quantitative estimate of drug-likeness (QED) is 0.284. The molecule has 1 aromatic carbocycles. The van der Waals surface area contributed by atoms with Gasteiger partial charge in [-0.05, 0) is 18.2 Å². The second kappa shape index (κ2) is 8.77. The predicted octanol–water partition coefficient (Wildman–Crippen LogP) is 6.02. The molecule has 16 heteroatoms. The molecule has 2 rings (SSSR count). The highest BCUT2D eigenvalue weighted by Gasteiger charge is 2.40. The summed E-state index contributed by atoms with van der Waals surface area (Å²) in [5.74, 6) is -2.71. The van der Waals surface area contributed by atoms with Crippen molar-refractivity contribution in [3.63, 3.8) is 0 Å². The summed E-state index contributed by atoms with van der Waals surface area (Å²) in [5.41, 5.74) is -6.52. The smallest absolute Gasteiger partial charge is 0.435 e. The Kier molecular flexibility index (Phi) is 7.04.